The van der Waals surface area contributed by atoms with Crippen LogP contribution in [0.1, 0.15) is 22.8 Å². The van der Waals surface area contributed by atoms with Crippen LogP contribution in [-0.4, -0.2) is 29.2 Å². The van der Waals surface area contributed by atoms with Crippen molar-refractivity contribution in [3.05, 3.63) is 71.3 Å². The van der Waals surface area contributed by atoms with Crippen LogP contribution in [0.25, 0.3) is 0 Å². The van der Waals surface area contributed by atoms with Crippen molar-refractivity contribution >= 4 is 17.7 Å². The number of rotatable bonds is 4. The summed E-state index contributed by atoms with van der Waals surface area (Å²) in [6, 6.07) is 10.4. The van der Waals surface area contributed by atoms with Crippen molar-refractivity contribution in [1.29, 1.82) is 0 Å². The van der Waals surface area contributed by atoms with Gasteiger partial charge in [-0.15, -0.1) is 0 Å². The molecule has 3 amide bonds. The zero-order valence-electron chi connectivity index (χ0n) is 13.3. The van der Waals surface area contributed by atoms with Gasteiger partial charge in [0.2, 0.25) is 0 Å². The molecule has 1 aliphatic rings. The Kier molecular flexibility index (Phi) is 4.08. The van der Waals surface area contributed by atoms with Gasteiger partial charge in [-0.3, -0.25) is 14.5 Å². The van der Waals surface area contributed by atoms with Crippen molar-refractivity contribution in [3.8, 4) is 0 Å². The number of Topliss-reactive ketones (excluding diaryl/α,β-unsaturated/α-hetero) is 1. The van der Waals surface area contributed by atoms with E-state index in [0.717, 1.165) is 17.0 Å². The van der Waals surface area contributed by atoms with E-state index in [4.69, 9.17) is 0 Å². The van der Waals surface area contributed by atoms with Crippen LogP contribution < -0.4 is 5.32 Å². The molecule has 25 heavy (non-hydrogen) atoms. The number of halogens is 2. The number of imide groups is 1. The monoisotopic (exact) mass is 344 g/mol. The number of amides is 3. The first kappa shape index (κ1) is 16.8. The predicted molar refractivity (Wildman–Crippen MR) is 84.7 cm³/mol. The SMILES string of the molecule is C[C@@]1(c2ccc(F)c(F)c2)NC(=O)N(CC(=O)c2ccccc2)C1=O. The second-order valence-corrected chi connectivity index (χ2v) is 5.86. The molecule has 1 heterocycles. The van der Waals surface area contributed by atoms with E-state index in [1.807, 2.05) is 0 Å². The largest absolute Gasteiger partial charge is 0.325 e. The Labute approximate surface area is 142 Å². The molecule has 0 saturated carbocycles. The summed E-state index contributed by atoms with van der Waals surface area (Å²) in [5, 5.41) is 2.45. The normalized spacial score (nSPS) is 19.9. The summed E-state index contributed by atoms with van der Waals surface area (Å²) < 4.78 is 26.6. The Morgan fingerprint density at radius 2 is 1.76 bits per heavy atom. The number of hydrogen-bond acceptors (Lipinski definition) is 3. The number of benzene rings is 2. The van der Waals surface area contributed by atoms with E-state index >= 15 is 0 Å². The third kappa shape index (κ3) is 2.88. The molecule has 1 fully saturated rings. The van der Waals surface area contributed by atoms with Gasteiger partial charge in [-0.1, -0.05) is 36.4 Å². The maximum absolute atomic E-state index is 13.5. The van der Waals surface area contributed by atoms with E-state index in [1.165, 1.54) is 13.0 Å². The highest BCUT2D eigenvalue weighted by Gasteiger charge is 2.49. The second kappa shape index (κ2) is 6.08. The van der Waals surface area contributed by atoms with Crippen molar-refractivity contribution in [3.63, 3.8) is 0 Å². The molecule has 2 aromatic rings. The minimum absolute atomic E-state index is 0.0967. The quantitative estimate of drug-likeness (QED) is 0.685. The Balaban J connectivity index is 1.87. The molecule has 1 N–H and O–H groups in total. The lowest BCUT2D eigenvalue weighted by atomic mass is 9.92. The Morgan fingerprint density at radius 1 is 1.08 bits per heavy atom. The fourth-order valence-corrected chi connectivity index (χ4v) is 2.70. The van der Waals surface area contributed by atoms with Gasteiger partial charge in [0.1, 0.15) is 5.54 Å². The van der Waals surface area contributed by atoms with Crippen LogP contribution >= 0.6 is 0 Å². The summed E-state index contributed by atoms with van der Waals surface area (Å²) in [6.45, 7) is 0.945. The van der Waals surface area contributed by atoms with Crippen LogP contribution in [0.15, 0.2) is 48.5 Å². The minimum atomic E-state index is -1.57. The van der Waals surface area contributed by atoms with E-state index in [9.17, 15) is 23.2 Å². The van der Waals surface area contributed by atoms with Gasteiger partial charge in [-0.25, -0.2) is 13.6 Å². The second-order valence-electron chi connectivity index (χ2n) is 5.86. The van der Waals surface area contributed by atoms with E-state index < -0.39 is 41.4 Å². The highest BCUT2D eigenvalue weighted by atomic mass is 19.2. The fourth-order valence-electron chi connectivity index (χ4n) is 2.70. The van der Waals surface area contributed by atoms with Crippen molar-refractivity contribution < 1.29 is 23.2 Å². The van der Waals surface area contributed by atoms with E-state index in [2.05, 4.69) is 5.32 Å². The van der Waals surface area contributed by atoms with Crippen LogP contribution in [0, 0.1) is 11.6 Å². The van der Waals surface area contributed by atoms with E-state index in [-0.39, 0.29) is 5.56 Å². The first-order valence-electron chi connectivity index (χ1n) is 7.51. The molecule has 1 aliphatic heterocycles. The van der Waals surface area contributed by atoms with Crippen molar-refractivity contribution in [1.82, 2.24) is 10.2 Å². The topological polar surface area (TPSA) is 66.5 Å². The molecule has 0 aliphatic carbocycles. The van der Waals surface area contributed by atoms with Gasteiger partial charge in [0, 0.05) is 5.56 Å². The predicted octanol–water partition coefficient (Wildman–Crippen LogP) is 2.61. The molecule has 0 aromatic heterocycles. The maximum atomic E-state index is 13.5. The highest BCUT2D eigenvalue weighted by molar-refractivity contribution is 6.11. The van der Waals surface area contributed by atoms with E-state index in [1.54, 1.807) is 30.3 Å². The lowest BCUT2D eigenvalue weighted by Crippen LogP contribution is -2.41. The average Bonchev–Trinajstić information content (AvgIpc) is 2.82. The lowest BCUT2D eigenvalue weighted by molar-refractivity contribution is -0.130. The number of ketones is 1. The molecule has 0 bridgehead atoms. The van der Waals surface area contributed by atoms with Crippen molar-refractivity contribution in [2.24, 2.45) is 0 Å². The van der Waals surface area contributed by atoms with Crippen molar-refractivity contribution in [2.75, 3.05) is 6.54 Å². The molecule has 128 valence electrons. The zero-order valence-corrected chi connectivity index (χ0v) is 13.3. The highest BCUT2D eigenvalue weighted by Crippen LogP contribution is 2.29. The van der Waals surface area contributed by atoms with Crippen molar-refractivity contribution in [2.45, 2.75) is 12.5 Å². The third-order valence-electron chi connectivity index (χ3n) is 4.17. The Bertz CT molecular complexity index is 870. The third-order valence-corrected chi connectivity index (χ3v) is 4.17. The van der Waals surface area contributed by atoms with Crippen LogP contribution in [-0.2, 0) is 10.3 Å². The van der Waals surface area contributed by atoms with Gasteiger partial charge >= 0.3 is 6.03 Å². The number of nitrogens with zero attached hydrogens (tertiary/aromatic N) is 1. The van der Waals surface area contributed by atoms with Gasteiger partial charge in [-0.2, -0.15) is 0 Å². The summed E-state index contributed by atoms with van der Waals surface area (Å²) in [4.78, 5) is 37.9. The molecule has 1 atom stereocenters. The van der Waals surface area contributed by atoms with E-state index in [0.29, 0.717) is 5.56 Å². The van der Waals surface area contributed by atoms with Crippen LogP contribution in [0.5, 0.6) is 0 Å². The zero-order chi connectivity index (χ0) is 18.2. The van der Waals surface area contributed by atoms with Crippen LogP contribution in [0.4, 0.5) is 13.6 Å². The molecule has 2 aromatic carbocycles. The van der Waals surface area contributed by atoms with Crippen LogP contribution in [0.3, 0.4) is 0 Å². The lowest BCUT2D eigenvalue weighted by Gasteiger charge is -2.22. The average molecular weight is 344 g/mol. The molecule has 1 saturated heterocycles. The van der Waals surface area contributed by atoms with Gasteiger partial charge in [0.15, 0.2) is 17.4 Å². The number of carbonyl (C=O) groups excluding carboxylic acids is 3. The summed E-state index contributed by atoms with van der Waals surface area (Å²) in [5.41, 5.74) is -1.10. The summed E-state index contributed by atoms with van der Waals surface area (Å²) in [6.07, 6.45) is 0. The minimum Gasteiger partial charge on any atom is -0.319 e. The molecule has 0 unspecified atom stereocenters. The maximum Gasteiger partial charge on any atom is 0.325 e. The number of hydrogen-bond donors (Lipinski definition) is 1. The summed E-state index contributed by atoms with van der Waals surface area (Å²) in [5.74, 6) is -3.29. The molecule has 0 radical (unpaired) electrons. The fraction of sp³-hybridized carbons (Fsp3) is 0.167. The number of carbonyl (C=O) groups is 3. The first-order chi connectivity index (χ1) is 11.8. The van der Waals surface area contributed by atoms with Gasteiger partial charge in [0.05, 0.1) is 6.54 Å². The summed E-state index contributed by atoms with van der Waals surface area (Å²) in [7, 11) is 0. The Hall–Kier alpha value is -3.09. The number of nitrogens with one attached hydrogen (secondary N) is 1. The first-order valence-corrected chi connectivity index (χ1v) is 7.51. The summed E-state index contributed by atoms with van der Waals surface area (Å²) >= 11 is 0. The van der Waals surface area contributed by atoms with Crippen LogP contribution in [0.2, 0.25) is 0 Å². The molecular weight excluding hydrogens is 330 g/mol. The Morgan fingerprint density at radius 3 is 2.40 bits per heavy atom. The molecule has 5 nitrogen and oxygen atoms in total. The smallest absolute Gasteiger partial charge is 0.319 e. The van der Waals surface area contributed by atoms with Gasteiger partial charge in [0.25, 0.3) is 5.91 Å². The molecular formula is C18H14F2N2O3. The molecule has 3 rings (SSSR count). The molecule has 0 spiro atoms. The van der Waals surface area contributed by atoms with Gasteiger partial charge < -0.3 is 5.32 Å². The van der Waals surface area contributed by atoms with Gasteiger partial charge in [-0.05, 0) is 24.6 Å². The molecule has 7 heteroatoms. The standard InChI is InChI=1S/C18H14F2N2O3/c1-18(12-7-8-13(19)14(20)9-12)16(24)22(17(25)21-18)10-15(23)11-5-3-2-4-6-11/h2-9H,10H2,1H3,(H,21,25)/t18-/m0/s1. The number of urea groups is 1.